The van der Waals surface area contributed by atoms with E-state index in [-0.39, 0.29) is 12.5 Å². The average Bonchev–Trinajstić information content (AvgIpc) is 3.08. The highest BCUT2D eigenvalue weighted by molar-refractivity contribution is 7.14. The van der Waals surface area contributed by atoms with Gasteiger partial charge in [0.05, 0.1) is 18.9 Å². The molecule has 1 amide bonds. The van der Waals surface area contributed by atoms with Gasteiger partial charge in [-0.3, -0.25) is 4.79 Å². The number of carbonyl (C=O) groups excluding carboxylic acids is 1. The van der Waals surface area contributed by atoms with Crippen molar-refractivity contribution in [2.75, 3.05) is 32.2 Å². The summed E-state index contributed by atoms with van der Waals surface area (Å²) in [5.74, 6) is -0.279. The molecule has 24 heavy (non-hydrogen) atoms. The van der Waals surface area contributed by atoms with Crippen LogP contribution in [-0.2, 0) is 16.0 Å². The van der Waals surface area contributed by atoms with E-state index in [9.17, 15) is 9.90 Å². The van der Waals surface area contributed by atoms with E-state index in [4.69, 9.17) is 4.74 Å². The van der Waals surface area contributed by atoms with Crippen molar-refractivity contribution in [3.05, 3.63) is 35.2 Å². The Bertz CT molecular complexity index is 643. The van der Waals surface area contributed by atoms with E-state index in [0.717, 1.165) is 17.7 Å². The molecule has 6 nitrogen and oxygen atoms in total. The number of nitrogens with one attached hydrogen (secondary N) is 2. The van der Waals surface area contributed by atoms with E-state index in [2.05, 4.69) is 34.7 Å². The zero-order chi connectivity index (χ0) is 17.4. The molecule has 0 aliphatic rings. The predicted molar refractivity (Wildman–Crippen MR) is 96.3 cm³/mol. The third-order valence-electron chi connectivity index (χ3n) is 3.56. The average molecular weight is 349 g/mol. The van der Waals surface area contributed by atoms with Crippen LogP contribution in [0.4, 0.5) is 5.13 Å². The first-order valence-corrected chi connectivity index (χ1v) is 8.74. The van der Waals surface area contributed by atoms with Gasteiger partial charge < -0.3 is 20.5 Å². The lowest BCUT2D eigenvalue weighted by molar-refractivity contribution is -0.122. The number of hydrogen-bond acceptors (Lipinski definition) is 6. The smallest absolute Gasteiger partial charge is 0.245 e. The molecule has 0 radical (unpaired) electrons. The summed E-state index contributed by atoms with van der Waals surface area (Å²) < 4.78 is 4.88. The third-order valence-corrected chi connectivity index (χ3v) is 4.34. The van der Waals surface area contributed by atoms with Gasteiger partial charge in [0.15, 0.2) is 5.13 Å². The number of amides is 1. The molecule has 0 fully saturated rings. The predicted octanol–water partition coefficient (Wildman–Crippen LogP) is 1.91. The standard InChI is InChI=1S/C17H23N3O3S/c1-3-12-4-6-13(7-5-12)15-11-24-17(20-15)19-14(10-21)16(22)18-8-9-23-2/h4-7,11,14,21H,3,8-10H2,1-2H3,(H,18,22)(H,19,20)/t14-/m0/s1. The lowest BCUT2D eigenvalue weighted by Gasteiger charge is -2.15. The van der Waals surface area contributed by atoms with Crippen LogP contribution in [0.2, 0.25) is 0 Å². The maximum atomic E-state index is 12.0. The van der Waals surface area contributed by atoms with Crippen LogP contribution >= 0.6 is 11.3 Å². The molecule has 0 bridgehead atoms. The van der Waals surface area contributed by atoms with Crippen molar-refractivity contribution in [2.24, 2.45) is 0 Å². The molecule has 2 rings (SSSR count). The number of anilines is 1. The van der Waals surface area contributed by atoms with Crippen LogP contribution in [0, 0.1) is 0 Å². The highest BCUT2D eigenvalue weighted by Crippen LogP contribution is 2.25. The number of rotatable bonds is 9. The zero-order valence-corrected chi connectivity index (χ0v) is 14.7. The molecule has 130 valence electrons. The Morgan fingerprint density at radius 2 is 2.12 bits per heavy atom. The monoisotopic (exact) mass is 349 g/mol. The molecular formula is C17H23N3O3S. The summed E-state index contributed by atoms with van der Waals surface area (Å²) in [6, 6.07) is 7.52. The molecule has 0 saturated heterocycles. The summed E-state index contributed by atoms with van der Waals surface area (Å²) >= 11 is 1.41. The number of aliphatic hydroxyl groups excluding tert-OH is 1. The lowest BCUT2D eigenvalue weighted by atomic mass is 10.1. The Morgan fingerprint density at radius 3 is 2.75 bits per heavy atom. The minimum Gasteiger partial charge on any atom is -0.394 e. The Labute approximate surface area is 145 Å². The van der Waals surface area contributed by atoms with Gasteiger partial charge in [-0.1, -0.05) is 31.2 Å². The molecule has 1 heterocycles. The maximum Gasteiger partial charge on any atom is 0.245 e. The number of aromatic nitrogens is 1. The van der Waals surface area contributed by atoms with E-state index < -0.39 is 6.04 Å². The maximum absolute atomic E-state index is 12.0. The van der Waals surface area contributed by atoms with Crippen molar-refractivity contribution in [3.8, 4) is 11.3 Å². The van der Waals surface area contributed by atoms with E-state index in [1.54, 1.807) is 7.11 Å². The summed E-state index contributed by atoms with van der Waals surface area (Å²) in [6.45, 7) is 2.64. The van der Waals surface area contributed by atoms with Gasteiger partial charge in [-0.25, -0.2) is 4.98 Å². The van der Waals surface area contributed by atoms with E-state index in [0.29, 0.717) is 18.3 Å². The van der Waals surface area contributed by atoms with Gasteiger partial charge >= 0.3 is 0 Å². The van der Waals surface area contributed by atoms with Crippen molar-refractivity contribution < 1.29 is 14.6 Å². The number of benzene rings is 1. The van der Waals surface area contributed by atoms with Crippen LogP contribution in [-0.4, -0.2) is 48.9 Å². The van der Waals surface area contributed by atoms with Crippen molar-refractivity contribution in [1.82, 2.24) is 10.3 Å². The normalized spacial score (nSPS) is 12.0. The first-order valence-electron chi connectivity index (χ1n) is 7.86. The van der Waals surface area contributed by atoms with Crippen LogP contribution in [0.1, 0.15) is 12.5 Å². The number of thiazole rings is 1. The SMILES string of the molecule is CCc1ccc(-c2csc(N[C@@H](CO)C(=O)NCCOC)n2)cc1. The van der Waals surface area contributed by atoms with Gasteiger partial charge in [-0.15, -0.1) is 11.3 Å². The Kier molecular flexibility index (Phi) is 7.17. The number of nitrogens with zero attached hydrogens (tertiary/aromatic N) is 1. The minimum atomic E-state index is -0.733. The molecule has 7 heteroatoms. The molecule has 1 aromatic heterocycles. The van der Waals surface area contributed by atoms with Gasteiger partial charge in [0, 0.05) is 24.6 Å². The molecule has 0 aliphatic carbocycles. The van der Waals surface area contributed by atoms with Crippen molar-refractivity contribution in [3.63, 3.8) is 0 Å². The summed E-state index contributed by atoms with van der Waals surface area (Å²) in [5, 5.41) is 17.6. The Hall–Kier alpha value is -1.96. The van der Waals surface area contributed by atoms with E-state index in [1.807, 2.05) is 17.5 Å². The van der Waals surface area contributed by atoms with E-state index >= 15 is 0 Å². The van der Waals surface area contributed by atoms with Crippen LogP contribution in [0.5, 0.6) is 0 Å². The first kappa shape index (κ1) is 18.4. The second kappa shape index (κ2) is 9.36. The fraction of sp³-hybridized carbons (Fsp3) is 0.412. The zero-order valence-electron chi connectivity index (χ0n) is 13.9. The van der Waals surface area contributed by atoms with Crippen LogP contribution in [0.15, 0.2) is 29.6 Å². The summed E-state index contributed by atoms with van der Waals surface area (Å²) in [6.07, 6.45) is 1.00. The fourth-order valence-electron chi connectivity index (χ4n) is 2.13. The van der Waals surface area contributed by atoms with E-state index in [1.165, 1.54) is 16.9 Å². The number of aliphatic hydroxyl groups is 1. The quantitative estimate of drug-likeness (QED) is 0.602. The van der Waals surface area contributed by atoms with Crippen LogP contribution in [0.3, 0.4) is 0 Å². The van der Waals surface area contributed by atoms with Gasteiger partial charge in [-0.2, -0.15) is 0 Å². The summed E-state index contributed by atoms with van der Waals surface area (Å²) in [4.78, 5) is 16.5. The lowest BCUT2D eigenvalue weighted by Crippen LogP contribution is -2.43. The third kappa shape index (κ3) is 5.02. The number of carbonyl (C=O) groups is 1. The van der Waals surface area contributed by atoms with Gasteiger partial charge in [0.25, 0.3) is 0 Å². The molecule has 2 aromatic rings. The molecule has 0 unspecified atom stereocenters. The Morgan fingerprint density at radius 1 is 1.38 bits per heavy atom. The molecule has 0 saturated carbocycles. The highest BCUT2D eigenvalue weighted by Gasteiger charge is 2.18. The molecule has 1 atom stereocenters. The van der Waals surface area contributed by atoms with Crippen molar-refractivity contribution >= 4 is 22.4 Å². The Balaban J connectivity index is 1.99. The van der Waals surface area contributed by atoms with Crippen molar-refractivity contribution in [1.29, 1.82) is 0 Å². The summed E-state index contributed by atoms with van der Waals surface area (Å²) in [7, 11) is 1.57. The van der Waals surface area contributed by atoms with Crippen molar-refractivity contribution in [2.45, 2.75) is 19.4 Å². The molecule has 0 spiro atoms. The second-order valence-corrected chi connectivity index (χ2v) is 6.11. The van der Waals surface area contributed by atoms with Crippen LogP contribution in [0.25, 0.3) is 11.3 Å². The molecular weight excluding hydrogens is 326 g/mol. The number of aryl methyl sites for hydroxylation is 1. The highest BCUT2D eigenvalue weighted by atomic mass is 32.1. The largest absolute Gasteiger partial charge is 0.394 e. The summed E-state index contributed by atoms with van der Waals surface area (Å²) in [5.41, 5.74) is 3.16. The fourth-order valence-corrected chi connectivity index (χ4v) is 2.90. The first-order chi connectivity index (χ1) is 11.7. The number of methoxy groups -OCH3 is 1. The molecule has 0 aliphatic heterocycles. The molecule has 3 N–H and O–H groups in total. The number of hydrogen-bond donors (Lipinski definition) is 3. The second-order valence-electron chi connectivity index (χ2n) is 5.25. The minimum absolute atomic E-state index is 0.279. The van der Waals surface area contributed by atoms with Gasteiger partial charge in [-0.05, 0) is 12.0 Å². The van der Waals surface area contributed by atoms with Crippen LogP contribution < -0.4 is 10.6 Å². The number of ether oxygens (including phenoxy) is 1. The molecule has 1 aromatic carbocycles. The van der Waals surface area contributed by atoms with Gasteiger partial charge in [0.1, 0.15) is 6.04 Å². The van der Waals surface area contributed by atoms with Gasteiger partial charge in [0.2, 0.25) is 5.91 Å². The topological polar surface area (TPSA) is 83.5 Å².